The number of aryl methyl sites for hydroxylation is 2. The second-order valence-corrected chi connectivity index (χ2v) is 9.10. The maximum absolute atomic E-state index is 13.1. The number of Topliss-reactive ketones (excluding diaryl/α,β-unsaturated/α-hetero) is 1. The monoisotopic (exact) mass is 450 g/mol. The summed E-state index contributed by atoms with van der Waals surface area (Å²) in [6.45, 7) is 3.77. The Bertz CT molecular complexity index is 1140. The molecule has 1 saturated heterocycles. The Morgan fingerprint density at radius 2 is 1.91 bits per heavy atom. The van der Waals surface area contributed by atoms with Gasteiger partial charge in [-0.05, 0) is 43.5 Å². The molecule has 1 aliphatic heterocycles. The zero-order chi connectivity index (χ0) is 22.8. The van der Waals surface area contributed by atoms with Crippen molar-refractivity contribution in [3.05, 3.63) is 70.4 Å². The predicted octanol–water partition coefficient (Wildman–Crippen LogP) is 3.91. The summed E-state index contributed by atoms with van der Waals surface area (Å²) >= 11 is 1.60. The number of rotatable bonds is 6. The van der Waals surface area contributed by atoms with E-state index in [4.69, 9.17) is 0 Å². The van der Waals surface area contributed by atoms with Crippen LogP contribution in [-0.2, 0) is 11.2 Å². The molecule has 1 aliphatic rings. The molecule has 0 saturated carbocycles. The highest BCUT2D eigenvalue weighted by atomic mass is 32.1. The number of carbonyl (C=O) groups excluding carboxylic acids is 2. The standard InChI is InChI=1S/C25H26N2O4S/c1-15-20(4-3-5-22(15)29)25(31)27-13-19(28)12-21(27)23(30)11-8-17-6-9-18(10-7-17)24-16(2)26-14-32-24/h3-7,9-10,14,19,21,28-29H,8,11-13H2,1-2H3/t19-,21+/m1/s1. The van der Waals surface area contributed by atoms with E-state index in [1.165, 1.54) is 11.0 Å². The summed E-state index contributed by atoms with van der Waals surface area (Å²) in [5.41, 5.74) is 5.82. The fourth-order valence-electron chi connectivity index (χ4n) is 4.19. The molecule has 0 spiro atoms. The number of carbonyl (C=O) groups is 2. The first-order valence-electron chi connectivity index (χ1n) is 10.6. The number of phenols is 1. The molecule has 2 aromatic carbocycles. The molecule has 7 heteroatoms. The second kappa shape index (κ2) is 9.22. The number of hydrogen-bond acceptors (Lipinski definition) is 6. The van der Waals surface area contributed by atoms with Crippen LogP contribution in [0.4, 0.5) is 0 Å². The van der Waals surface area contributed by atoms with Crippen LogP contribution in [0.25, 0.3) is 10.4 Å². The first-order chi connectivity index (χ1) is 15.3. The number of aromatic hydroxyl groups is 1. The molecule has 0 unspecified atom stereocenters. The number of aliphatic hydroxyl groups excluding tert-OH is 1. The Kier molecular flexibility index (Phi) is 6.39. The molecule has 2 atom stereocenters. The van der Waals surface area contributed by atoms with Crippen molar-refractivity contribution in [3.8, 4) is 16.2 Å². The van der Waals surface area contributed by atoms with Gasteiger partial charge in [0, 0.05) is 30.5 Å². The molecule has 1 amide bonds. The van der Waals surface area contributed by atoms with Crippen LogP contribution in [0.5, 0.6) is 5.75 Å². The Morgan fingerprint density at radius 3 is 2.59 bits per heavy atom. The first-order valence-corrected chi connectivity index (χ1v) is 11.5. The molecule has 4 rings (SSSR count). The molecule has 32 heavy (non-hydrogen) atoms. The summed E-state index contributed by atoms with van der Waals surface area (Å²) < 4.78 is 0. The third kappa shape index (κ3) is 4.45. The zero-order valence-electron chi connectivity index (χ0n) is 18.1. The summed E-state index contributed by atoms with van der Waals surface area (Å²) in [6.07, 6.45) is 0.374. The van der Waals surface area contributed by atoms with Crippen molar-refractivity contribution in [2.75, 3.05) is 6.54 Å². The highest BCUT2D eigenvalue weighted by Gasteiger charge is 2.39. The van der Waals surface area contributed by atoms with Crippen molar-refractivity contribution in [3.63, 3.8) is 0 Å². The quantitative estimate of drug-likeness (QED) is 0.594. The van der Waals surface area contributed by atoms with Crippen molar-refractivity contribution in [1.29, 1.82) is 0 Å². The SMILES string of the molecule is Cc1ncsc1-c1ccc(CCC(=O)[C@@H]2C[C@@H](O)CN2C(=O)c2cccc(O)c2C)cc1. The summed E-state index contributed by atoms with van der Waals surface area (Å²) in [4.78, 5) is 33.0. The van der Waals surface area contributed by atoms with Gasteiger partial charge in [-0.15, -0.1) is 11.3 Å². The number of benzene rings is 2. The molecule has 1 fully saturated rings. The van der Waals surface area contributed by atoms with Crippen LogP contribution >= 0.6 is 11.3 Å². The first kappa shape index (κ1) is 22.2. The Labute approximate surface area is 191 Å². The maximum atomic E-state index is 13.1. The van der Waals surface area contributed by atoms with Gasteiger partial charge in [-0.1, -0.05) is 30.3 Å². The minimum Gasteiger partial charge on any atom is -0.508 e. The van der Waals surface area contributed by atoms with E-state index in [0.717, 1.165) is 21.7 Å². The molecule has 0 radical (unpaired) electrons. The summed E-state index contributed by atoms with van der Waals surface area (Å²) in [6, 6.07) is 12.2. The van der Waals surface area contributed by atoms with Gasteiger partial charge in [0.2, 0.25) is 0 Å². The van der Waals surface area contributed by atoms with E-state index in [0.29, 0.717) is 24.0 Å². The fraction of sp³-hybridized carbons (Fsp3) is 0.320. The summed E-state index contributed by atoms with van der Waals surface area (Å²) in [7, 11) is 0. The van der Waals surface area contributed by atoms with Gasteiger partial charge in [0.15, 0.2) is 5.78 Å². The Hall–Kier alpha value is -3.03. The van der Waals surface area contributed by atoms with Crippen LogP contribution < -0.4 is 0 Å². The van der Waals surface area contributed by atoms with Gasteiger partial charge in [-0.3, -0.25) is 9.59 Å². The minimum atomic E-state index is -0.729. The number of amides is 1. The second-order valence-electron chi connectivity index (χ2n) is 8.24. The molecular formula is C25H26N2O4S. The van der Waals surface area contributed by atoms with Crippen molar-refractivity contribution in [1.82, 2.24) is 9.88 Å². The lowest BCUT2D eigenvalue weighted by molar-refractivity contribution is -0.122. The number of aliphatic hydroxyl groups is 1. The predicted molar refractivity (Wildman–Crippen MR) is 124 cm³/mol. The van der Waals surface area contributed by atoms with Gasteiger partial charge in [0.25, 0.3) is 5.91 Å². The summed E-state index contributed by atoms with van der Waals surface area (Å²) in [5, 5.41) is 20.1. The lowest BCUT2D eigenvalue weighted by atomic mass is 9.99. The number of hydrogen-bond donors (Lipinski definition) is 2. The van der Waals surface area contributed by atoms with E-state index in [1.807, 2.05) is 36.7 Å². The van der Waals surface area contributed by atoms with Gasteiger partial charge < -0.3 is 15.1 Å². The van der Waals surface area contributed by atoms with Crippen LogP contribution in [-0.4, -0.2) is 50.5 Å². The van der Waals surface area contributed by atoms with Crippen LogP contribution in [0.3, 0.4) is 0 Å². The van der Waals surface area contributed by atoms with E-state index in [2.05, 4.69) is 4.98 Å². The van der Waals surface area contributed by atoms with Crippen molar-refractivity contribution >= 4 is 23.0 Å². The van der Waals surface area contributed by atoms with Crippen LogP contribution in [0.2, 0.25) is 0 Å². The van der Waals surface area contributed by atoms with E-state index >= 15 is 0 Å². The number of likely N-dealkylation sites (tertiary alicyclic amines) is 1. The molecule has 3 aromatic rings. The summed E-state index contributed by atoms with van der Waals surface area (Å²) in [5.74, 6) is -0.358. The number of thiazole rings is 1. The van der Waals surface area contributed by atoms with Gasteiger partial charge in [-0.2, -0.15) is 0 Å². The molecular weight excluding hydrogens is 424 g/mol. The molecule has 166 valence electrons. The van der Waals surface area contributed by atoms with Crippen LogP contribution in [0.1, 0.15) is 40.0 Å². The van der Waals surface area contributed by atoms with Gasteiger partial charge in [-0.25, -0.2) is 4.98 Å². The van der Waals surface area contributed by atoms with E-state index in [9.17, 15) is 19.8 Å². The van der Waals surface area contributed by atoms with Gasteiger partial charge in [0.05, 0.1) is 28.2 Å². The van der Waals surface area contributed by atoms with Crippen molar-refractivity contribution < 1.29 is 19.8 Å². The van der Waals surface area contributed by atoms with Crippen molar-refractivity contribution in [2.45, 2.75) is 45.3 Å². The van der Waals surface area contributed by atoms with Gasteiger partial charge >= 0.3 is 0 Å². The number of ketones is 1. The molecule has 2 N–H and O–H groups in total. The van der Waals surface area contributed by atoms with Crippen LogP contribution in [0.15, 0.2) is 48.0 Å². The minimum absolute atomic E-state index is 0.0374. The Morgan fingerprint density at radius 1 is 1.16 bits per heavy atom. The third-order valence-corrected chi connectivity index (χ3v) is 7.05. The smallest absolute Gasteiger partial charge is 0.254 e. The fourth-order valence-corrected chi connectivity index (χ4v) is 5.00. The molecule has 0 aliphatic carbocycles. The van der Waals surface area contributed by atoms with E-state index in [1.54, 1.807) is 30.4 Å². The average molecular weight is 451 g/mol. The maximum Gasteiger partial charge on any atom is 0.254 e. The van der Waals surface area contributed by atoms with Crippen LogP contribution in [0, 0.1) is 13.8 Å². The third-order valence-electron chi connectivity index (χ3n) is 6.07. The lowest BCUT2D eigenvalue weighted by Gasteiger charge is -2.24. The molecule has 1 aromatic heterocycles. The van der Waals surface area contributed by atoms with E-state index < -0.39 is 12.1 Å². The zero-order valence-corrected chi connectivity index (χ0v) is 18.9. The average Bonchev–Trinajstić information content (AvgIpc) is 3.39. The number of aromatic nitrogens is 1. The molecule has 2 heterocycles. The van der Waals surface area contributed by atoms with Crippen molar-refractivity contribution in [2.24, 2.45) is 0 Å². The highest BCUT2D eigenvalue weighted by Crippen LogP contribution is 2.29. The highest BCUT2D eigenvalue weighted by molar-refractivity contribution is 7.13. The van der Waals surface area contributed by atoms with E-state index in [-0.39, 0.29) is 30.4 Å². The number of nitrogens with zero attached hydrogens (tertiary/aromatic N) is 2. The largest absolute Gasteiger partial charge is 0.508 e. The molecule has 6 nitrogen and oxygen atoms in total. The topological polar surface area (TPSA) is 90.7 Å². The Balaban J connectivity index is 1.43. The number of β-amino-alcohol motifs (C(OH)–C–C–N with tert-alkyl or cyclic N) is 1. The lowest BCUT2D eigenvalue weighted by Crippen LogP contribution is -2.41. The molecule has 0 bridgehead atoms. The number of phenolic OH excluding ortho intramolecular Hbond substituents is 1. The van der Waals surface area contributed by atoms with Gasteiger partial charge in [0.1, 0.15) is 5.75 Å². The normalized spacial score (nSPS) is 18.2.